The van der Waals surface area contributed by atoms with Crippen molar-refractivity contribution in [2.75, 3.05) is 0 Å². The van der Waals surface area contributed by atoms with E-state index in [-0.39, 0.29) is 0 Å². The number of nitrogens with zero attached hydrogens (tertiary/aromatic N) is 3. The van der Waals surface area contributed by atoms with Crippen molar-refractivity contribution in [2.45, 2.75) is 0 Å². The van der Waals surface area contributed by atoms with Gasteiger partial charge in [-0.25, -0.2) is 4.98 Å². The van der Waals surface area contributed by atoms with Crippen molar-refractivity contribution in [3.63, 3.8) is 0 Å². The highest BCUT2D eigenvalue weighted by atomic mass is 15.1. The molecule has 0 fully saturated rings. The second kappa shape index (κ2) is 7.46. The third-order valence-corrected chi connectivity index (χ3v) is 6.52. The number of fused-ring (bicyclic) bond motifs is 4. The van der Waals surface area contributed by atoms with Crippen LogP contribution in [0, 0.1) is 0 Å². The van der Waals surface area contributed by atoms with Crippen LogP contribution in [0.25, 0.3) is 55.6 Å². The lowest BCUT2D eigenvalue weighted by atomic mass is 10.1. The largest absolute Gasteiger partial charge is 0.309 e. The number of aromatic nitrogens is 3. The van der Waals surface area contributed by atoms with Gasteiger partial charge in [0.2, 0.25) is 0 Å². The van der Waals surface area contributed by atoms with Crippen LogP contribution in [0.4, 0.5) is 0 Å². The van der Waals surface area contributed by atoms with Gasteiger partial charge >= 0.3 is 0 Å². The highest BCUT2D eigenvalue weighted by molar-refractivity contribution is 6.10. The van der Waals surface area contributed by atoms with Gasteiger partial charge in [-0.2, -0.15) is 0 Å². The highest BCUT2D eigenvalue weighted by Crippen LogP contribution is 2.35. The molecule has 3 heteroatoms. The maximum atomic E-state index is 5.01. The molecule has 0 N–H and O–H groups in total. The minimum Gasteiger partial charge on any atom is -0.309 e. The van der Waals surface area contributed by atoms with Crippen LogP contribution in [-0.2, 0) is 0 Å². The van der Waals surface area contributed by atoms with E-state index in [9.17, 15) is 0 Å². The zero-order valence-corrected chi connectivity index (χ0v) is 18.5. The highest BCUT2D eigenvalue weighted by Gasteiger charge is 2.17. The van der Waals surface area contributed by atoms with Crippen LogP contribution in [0.1, 0.15) is 0 Å². The van der Waals surface area contributed by atoms with Gasteiger partial charge in [-0.05, 0) is 48.5 Å². The molecule has 0 amide bonds. The lowest BCUT2D eigenvalue weighted by molar-refractivity contribution is 1.10. The van der Waals surface area contributed by atoms with Crippen molar-refractivity contribution >= 4 is 32.8 Å². The van der Waals surface area contributed by atoms with E-state index in [1.807, 2.05) is 12.1 Å². The molecule has 0 bridgehead atoms. The topological polar surface area (TPSA) is 22.8 Å². The summed E-state index contributed by atoms with van der Waals surface area (Å²) >= 11 is 0. The predicted molar refractivity (Wildman–Crippen MR) is 141 cm³/mol. The lowest BCUT2D eigenvalue weighted by Gasteiger charge is -2.11. The summed E-state index contributed by atoms with van der Waals surface area (Å²) in [5, 5.41) is 2.47. The fraction of sp³-hybridized carbons (Fsp3) is 0. The molecule has 34 heavy (non-hydrogen) atoms. The molecule has 0 spiro atoms. The quantitative estimate of drug-likeness (QED) is 0.278. The fourth-order valence-corrected chi connectivity index (χ4v) is 5.02. The van der Waals surface area contributed by atoms with E-state index < -0.39 is 0 Å². The van der Waals surface area contributed by atoms with Crippen LogP contribution in [0.5, 0.6) is 0 Å². The molecule has 160 valence electrons. The smallest absolute Gasteiger partial charge is 0.145 e. The molecule has 3 nitrogen and oxygen atoms in total. The Hall–Kier alpha value is -4.63. The molecule has 7 rings (SSSR count). The Morgan fingerprint density at radius 2 is 1.09 bits per heavy atom. The van der Waals surface area contributed by atoms with Crippen LogP contribution < -0.4 is 0 Å². The summed E-state index contributed by atoms with van der Waals surface area (Å²) in [5.41, 5.74) is 7.88. The van der Waals surface area contributed by atoms with E-state index in [2.05, 4.69) is 124 Å². The monoisotopic (exact) mass is 435 g/mol. The summed E-state index contributed by atoms with van der Waals surface area (Å²) in [6, 6.07) is 44.7. The van der Waals surface area contributed by atoms with E-state index >= 15 is 0 Å². The Morgan fingerprint density at radius 1 is 0.441 bits per heavy atom. The van der Waals surface area contributed by atoms with Gasteiger partial charge < -0.3 is 4.57 Å². The zero-order chi connectivity index (χ0) is 22.5. The number of imidazole rings is 1. The third kappa shape index (κ3) is 2.81. The summed E-state index contributed by atoms with van der Waals surface area (Å²) < 4.78 is 4.62. The standard InChI is InChI=1S/C31H21N3/c1-3-11-22(12-4-1)31-32-27-16-8-10-18-30(27)34(31)24-19-20-29-26(21-24)25-15-7-9-17-28(25)33(29)23-13-5-2-6-14-23/h1-21H. The van der Waals surface area contributed by atoms with Crippen LogP contribution in [0.2, 0.25) is 0 Å². The molecular weight excluding hydrogens is 414 g/mol. The Labute approximate surface area is 197 Å². The molecule has 0 atom stereocenters. The molecule has 0 aliphatic rings. The van der Waals surface area contributed by atoms with E-state index in [4.69, 9.17) is 4.98 Å². The van der Waals surface area contributed by atoms with Crippen molar-refractivity contribution in [3.05, 3.63) is 127 Å². The Morgan fingerprint density at radius 3 is 1.91 bits per heavy atom. The van der Waals surface area contributed by atoms with Gasteiger partial charge in [-0.3, -0.25) is 4.57 Å². The number of para-hydroxylation sites is 4. The molecule has 2 aromatic heterocycles. The molecule has 0 saturated heterocycles. The third-order valence-electron chi connectivity index (χ3n) is 6.52. The van der Waals surface area contributed by atoms with Crippen LogP contribution >= 0.6 is 0 Å². The van der Waals surface area contributed by atoms with Gasteiger partial charge in [0.1, 0.15) is 5.82 Å². The predicted octanol–water partition coefficient (Wildman–Crippen LogP) is 7.79. The van der Waals surface area contributed by atoms with Gasteiger partial charge in [-0.1, -0.05) is 78.9 Å². The Kier molecular flexibility index (Phi) is 4.15. The first-order valence-corrected chi connectivity index (χ1v) is 11.5. The van der Waals surface area contributed by atoms with Gasteiger partial charge in [-0.15, -0.1) is 0 Å². The fourth-order valence-electron chi connectivity index (χ4n) is 5.02. The molecule has 2 heterocycles. The second-order valence-electron chi connectivity index (χ2n) is 8.52. The van der Waals surface area contributed by atoms with Gasteiger partial charge in [0.15, 0.2) is 0 Å². The minimum absolute atomic E-state index is 0.952. The van der Waals surface area contributed by atoms with E-state index in [0.717, 1.165) is 28.1 Å². The van der Waals surface area contributed by atoms with E-state index in [1.165, 1.54) is 27.5 Å². The SMILES string of the molecule is c1ccc(-c2nc3ccccc3n2-c2ccc3c(c2)c2ccccc2n3-c2ccccc2)cc1. The first kappa shape index (κ1) is 18.9. The van der Waals surface area contributed by atoms with Crippen molar-refractivity contribution < 1.29 is 0 Å². The Balaban J connectivity index is 1.55. The molecule has 5 aromatic carbocycles. The summed E-state index contributed by atoms with van der Waals surface area (Å²) in [5.74, 6) is 0.952. The van der Waals surface area contributed by atoms with Crippen LogP contribution in [-0.4, -0.2) is 14.1 Å². The maximum absolute atomic E-state index is 5.01. The first-order valence-electron chi connectivity index (χ1n) is 11.5. The molecule has 0 saturated carbocycles. The molecular formula is C31H21N3. The molecule has 0 aliphatic carbocycles. The lowest BCUT2D eigenvalue weighted by Crippen LogP contribution is -1.98. The van der Waals surface area contributed by atoms with Crippen molar-refractivity contribution in [1.82, 2.24) is 14.1 Å². The Bertz CT molecular complexity index is 1790. The number of hydrogen-bond donors (Lipinski definition) is 0. The number of benzene rings is 5. The minimum atomic E-state index is 0.952. The second-order valence-corrected chi connectivity index (χ2v) is 8.52. The van der Waals surface area contributed by atoms with Crippen LogP contribution in [0.3, 0.4) is 0 Å². The van der Waals surface area contributed by atoms with Gasteiger partial charge in [0.05, 0.1) is 22.1 Å². The molecule has 0 unspecified atom stereocenters. The van der Waals surface area contributed by atoms with Gasteiger partial charge in [0, 0.05) is 27.7 Å². The number of rotatable bonds is 3. The van der Waals surface area contributed by atoms with Crippen molar-refractivity contribution in [2.24, 2.45) is 0 Å². The van der Waals surface area contributed by atoms with E-state index in [1.54, 1.807) is 0 Å². The average molecular weight is 436 g/mol. The molecule has 0 aliphatic heterocycles. The number of hydrogen-bond acceptors (Lipinski definition) is 1. The van der Waals surface area contributed by atoms with Crippen molar-refractivity contribution in [3.8, 4) is 22.8 Å². The van der Waals surface area contributed by atoms with Crippen molar-refractivity contribution in [1.29, 1.82) is 0 Å². The molecule has 7 aromatic rings. The molecule has 0 radical (unpaired) electrons. The van der Waals surface area contributed by atoms with Crippen LogP contribution in [0.15, 0.2) is 127 Å². The maximum Gasteiger partial charge on any atom is 0.145 e. The zero-order valence-electron chi connectivity index (χ0n) is 18.5. The van der Waals surface area contributed by atoms with E-state index in [0.29, 0.717) is 0 Å². The average Bonchev–Trinajstić information content (AvgIpc) is 3.45. The van der Waals surface area contributed by atoms with Gasteiger partial charge in [0.25, 0.3) is 0 Å². The summed E-state index contributed by atoms with van der Waals surface area (Å²) in [6.07, 6.45) is 0. The normalized spacial score (nSPS) is 11.5. The summed E-state index contributed by atoms with van der Waals surface area (Å²) in [4.78, 5) is 5.01. The summed E-state index contributed by atoms with van der Waals surface area (Å²) in [7, 11) is 0. The summed E-state index contributed by atoms with van der Waals surface area (Å²) in [6.45, 7) is 0. The first-order chi connectivity index (χ1) is 16.9.